The molecular formula is C25H21N5O4. The zero-order valence-corrected chi connectivity index (χ0v) is 18.3. The van der Waals surface area contributed by atoms with Crippen LogP contribution >= 0.6 is 0 Å². The summed E-state index contributed by atoms with van der Waals surface area (Å²) < 4.78 is 6.00. The Balaban J connectivity index is 1.43. The van der Waals surface area contributed by atoms with E-state index in [4.69, 9.17) is 4.74 Å². The van der Waals surface area contributed by atoms with Gasteiger partial charge in [0.2, 0.25) is 0 Å². The topological polar surface area (TPSA) is 123 Å². The molecule has 1 heterocycles. The van der Waals surface area contributed by atoms with Crippen molar-refractivity contribution in [1.82, 2.24) is 15.6 Å². The number of nitro groups is 1. The highest BCUT2D eigenvalue weighted by molar-refractivity contribution is 5.94. The number of aromatic nitrogens is 2. The second kappa shape index (κ2) is 10.2. The van der Waals surface area contributed by atoms with Crippen LogP contribution in [0.15, 0.2) is 84.0 Å². The molecule has 9 nitrogen and oxygen atoms in total. The minimum absolute atomic E-state index is 0.0586. The molecule has 0 fully saturated rings. The minimum atomic E-state index is -0.501. The second-order valence-electron chi connectivity index (χ2n) is 7.49. The number of rotatable bonds is 8. The van der Waals surface area contributed by atoms with Crippen molar-refractivity contribution in [3.63, 3.8) is 0 Å². The summed E-state index contributed by atoms with van der Waals surface area (Å²) in [6, 6.07) is 23.1. The summed E-state index contributed by atoms with van der Waals surface area (Å²) >= 11 is 0. The number of hydrogen-bond acceptors (Lipinski definition) is 6. The lowest BCUT2D eigenvalue weighted by Gasteiger charge is -2.10. The molecule has 0 saturated carbocycles. The van der Waals surface area contributed by atoms with E-state index in [1.54, 1.807) is 18.2 Å². The van der Waals surface area contributed by atoms with E-state index in [1.807, 2.05) is 55.5 Å². The third kappa shape index (κ3) is 5.52. The first-order valence-corrected chi connectivity index (χ1v) is 10.4. The average molecular weight is 455 g/mol. The first-order valence-electron chi connectivity index (χ1n) is 10.4. The third-order valence-corrected chi connectivity index (χ3v) is 4.96. The van der Waals surface area contributed by atoms with Gasteiger partial charge in [0.15, 0.2) is 0 Å². The lowest BCUT2D eigenvalue weighted by molar-refractivity contribution is -0.384. The molecule has 1 amide bonds. The Morgan fingerprint density at radius 2 is 1.91 bits per heavy atom. The summed E-state index contributed by atoms with van der Waals surface area (Å²) in [5.41, 5.74) is 6.54. The molecule has 2 N–H and O–H groups in total. The number of nitrogens with one attached hydrogen (secondary N) is 2. The van der Waals surface area contributed by atoms with Crippen molar-refractivity contribution < 1.29 is 14.5 Å². The average Bonchev–Trinajstić information content (AvgIpc) is 3.34. The first kappa shape index (κ1) is 22.4. The number of H-pyrrole nitrogens is 1. The maximum Gasteiger partial charge on any atom is 0.289 e. The molecule has 0 atom stereocenters. The summed E-state index contributed by atoms with van der Waals surface area (Å²) in [4.78, 5) is 22.8. The Morgan fingerprint density at radius 1 is 1.12 bits per heavy atom. The van der Waals surface area contributed by atoms with Crippen LogP contribution in [0.25, 0.3) is 11.3 Å². The van der Waals surface area contributed by atoms with Gasteiger partial charge < -0.3 is 4.74 Å². The molecule has 0 aliphatic rings. The molecule has 34 heavy (non-hydrogen) atoms. The lowest BCUT2D eigenvalue weighted by atomic mass is 10.1. The van der Waals surface area contributed by atoms with Crippen LogP contribution < -0.4 is 10.2 Å². The summed E-state index contributed by atoms with van der Waals surface area (Å²) in [7, 11) is 0. The molecule has 9 heteroatoms. The van der Waals surface area contributed by atoms with E-state index < -0.39 is 10.8 Å². The third-order valence-electron chi connectivity index (χ3n) is 4.96. The fourth-order valence-corrected chi connectivity index (χ4v) is 3.17. The molecule has 0 aliphatic heterocycles. The number of hydrazone groups is 1. The van der Waals surface area contributed by atoms with Gasteiger partial charge in [0.25, 0.3) is 11.6 Å². The van der Waals surface area contributed by atoms with Gasteiger partial charge in [-0.1, -0.05) is 54.1 Å². The molecular weight excluding hydrogens is 434 g/mol. The van der Waals surface area contributed by atoms with Crippen LogP contribution in [-0.2, 0) is 6.61 Å². The predicted molar refractivity (Wildman–Crippen MR) is 128 cm³/mol. The van der Waals surface area contributed by atoms with Crippen LogP contribution in [-0.4, -0.2) is 27.2 Å². The number of nitrogens with zero attached hydrogens (tertiary/aromatic N) is 3. The van der Waals surface area contributed by atoms with E-state index in [2.05, 4.69) is 20.7 Å². The number of carbonyl (C=O) groups excluding carboxylic acids is 1. The Bertz CT molecular complexity index is 1350. The van der Waals surface area contributed by atoms with Crippen LogP contribution in [0.4, 0.5) is 5.69 Å². The number of amides is 1. The Kier molecular flexibility index (Phi) is 6.73. The van der Waals surface area contributed by atoms with Gasteiger partial charge in [0.1, 0.15) is 18.1 Å². The highest BCUT2D eigenvalue weighted by Crippen LogP contribution is 2.29. The predicted octanol–water partition coefficient (Wildman–Crippen LogP) is 4.64. The van der Waals surface area contributed by atoms with Crippen LogP contribution in [0, 0.1) is 17.0 Å². The fraction of sp³-hybridized carbons (Fsp3) is 0.0800. The highest BCUT2D eigenvalue weighted by Gasteiger charge is 2.14. The normalized spacial score (nSPS) is 10.9. The van der Waals surface area contributed by atoms with Crippen molar-refractivity contribution in [2.75, 3.05) is 0 Å². The number of carbonyl (C=O) groups is 1. The first-order chi connectivity index (χ1) is 16.5. The number of para-hydroxylation sites is 1. The molecule has 3 aromatic carbocycles. The zero-order valence-electron chi connectivity index (χ0n) is 18.3. The van der Waals surface area contributed by atoms with E-state index in [0.29, 0.717) is 23.6 Å². The molecule has 0 saturated heterocycles. The monoisotopic (exact) mass is 455 g/mol. The zero-order chi connectivity index (χ0) is 23.9. The molecule has 4 aromatic rings. The van der Waals surface area contributed by atoms with E-state index >= 15 is 0 Å². The number of benzene rings is 3. The number of hydrogen-bond donors (Lipinski definition) is 2. The largest absolute Gasteiger partial charge is 0.488 e. The van der Waals surface area contributed by atoms with Crippen molar-refractivity contribution >= 4 is 17.8 Å². The number of non-ortho nitro benzene ring substituents is 1. The molecule has 0 aliphatic carbocycles. The summed E-state index contributed by atoms with van der Waals surface area (Å²) in [5.74, 6) is 0.142. The van der Waals surface area contributed by atoms with E-state index in [1.165, 1.54) is 23.9 Å². The Morgan fingerprint density at radius 3 is 2.71 bits per heavy atom. The van der Waals surface area contributed by atoms with Crippen LogP contribution in [0.5, 0.6) is 5.75 Å². The van der Waals surface area contributed by atoms with E-state index in [-0.39, 0.29) is 11.4 Å². The van der Waals surface area contributed by atoms with Crippen molar-refractivity contribution in [3.05, 3.63) is 111 Å². The van der Waals surface area contributed by atoms with Gasteiger partial charge in [-0.2, -0.15) is 10.2 Å². The van der Waals surface area contributed by atoms with Gasteiger partial charge >= 0.3 is 0 Å². The molecule has 0 bridgehead atoms. The van der Waals surface area contributed by atoms with Crippen molar-refractivity contribution in [1.29, 1.82) is 0 Å². The standard InChI is InChI=1S/C25H21N5O4/c1-17-9-11-18(12-10-17)16-34-24-8-3-2-7-21(24)22-14-23(28-27-22)25(31)29-26-15-19-5-4-6-20(13-19)30(32)33/h2-15H,16H2,1H3,(H,27,28)(H,29,31)/b26-15+. The molecule has 0 spiro atoms. The number of aryl methyl sites for hydroxylation is 1. The molecule has 0 radical (unpaired) electrons. The number of aromatic amines is 1. The van der Waals surface area contributed by atoms with Gasteiger partial charge in [0.05, 0.1) is 16.8 Å². The van der Waals surface area contributed by atoms with Crippen LogP contribution in [0.1, 0.15) is 27.2 Å². The van der Waals surface area contributed by atoms with Gasteiger partial charge in [-0.15, -0.1) is 0 Å². The van der Waals surface area contributed by atoms with Crippen molar-refractivity contribution in [3.8, 4) is 17.0 Å². The minimum Gasteiger partial charge on any atom is -0.488 e. The SMILES string of the molecule is Cc1ccc(COc2ccccc2-c2cc(C(=O)N/N=C/c3cccc([N+](=O)[O-])c3)[nH]n2)cc1. The van der Waals surface area contributed by atoms with E-state index in [0.717, 1.165) is 11.1 Å². The quantitative estimate of drug-likeness (QED) is 0.228. The Hall–Kier alpha value is -4.79. The smallest absolute Gasteiger partial charge is 0.289 e. The van der Waals surface area contributed by atoms with Gasteiger partial charge in [-0.3, -0.25) is 20.0 Å². The van der Waals surface area contributed by atoms with Gasteiger partial charge in [-0.25, -0.2) is 5.43 Å². The van der Waals surface area contributed by atoms with Gasteiger partial charge in [0, 0.05) is 23.3 Å². The highest BCUT2D eigenvalue weighted by atomic mass is 16.6. The summed E-state index contributed by atoms with van der Waals surface area (Å²) in [5, 5.41) is 21.7. The van der Waals surface area contributed by atoms with Crippen molar-refractivity contribution in [2.45, 2.75) is 13.5 Å². The summed E-state index contributed by atoms with van der Waals surface area (Å²) in [6.45, 7) is 2.44. The lowest BCUT2D eigenvalue weighted by Crippen LogP contribution is -2.18. The Labute approximate surface area is 195 Å². The van der Waals surface area contributed by atoms with Crippen molar-refractivity contribution in [2.24, 2.45) is 5.10 Å². The van der Waals surface area contributed by atoms with Gasteiger partial charge in [-0.05, 0) is 30.7 Å². The maximum absolute atomic E-state index is 12.4. The molecule has 4 rings (SSSR count). The molecule has 1 aromatic heterocycles. The number of ether oxygens (including phenoxy) is 1. The maximum atomic E-state index is 12.4. The van der Waals surface area contributed by atoms with Crippen LogP contribution in [0.3, 0.4) is 0 Å². The molecule has 170 valence electrons. The second-order valence-corrected chi connectivity index (χ2v) is 7.49. The van der Waals surface area contributed by atoms with Crippen LogP contribution in [0.2, 0.25) is 0 Å². The number of nitro benzene ring substituents is 1. The summed E-state index contributed by atoms with van der Waals surface area (Å²) in [6.07, 6.45) is 1.33. The molecule has 0 unspecified atom stereocenters. The van der Waals surface area contributed by atoms with E-state index in [9.17, 15) is 14.9 Å². The fourth-order valence-electron chi connectivity index (χ4n) is 3.17.